The number of hydrogen-bond donors (Lipinski definition) is 1. The van der Waals surface area contributed by atoms with Gasteiger partial charge in [0.15, 0.2) is 0 Å². The highest BCUT2D eigenvalue weighted by Crippen LogP contribution is 2.35. The van der Waals surface area contributed by atoms with Gasteiger partial charge in [0.2, 0.25) is 5.13 Å². The fourth-order valence-corrected chi connectivity index (χ4v) is 4.71. The summed E-state index contributed by atoms with van der Waals surface area (Å²) >= 11 is 7.43. The van der Waals surface area contributed by atoms with Crippen LogP contribution in [0.25, 0.3) is 12.2 Å². The second-order valence-corrected chi connectivity index (χ2v) is 9.50. The van der Waals surface area contributed by atoms with Crippen molar-refractivity contribution in [2.24, 2.45) is 5.10 Å². The molecule has 1 atom stereocenters. The summed E-state index contributed by atoms with van der Waals surface area (Å²) in [4.78, 5) is 17.5. The van der Waals surface area contributed by atoms with E-state index in [1.54, 1.807) is 13.0 Å². The quantitative estimate of drug-likeness (QED) is 0.524. The average molecular weight is 481 g/mol. The Morgan fingerprint density at radius 3 is 2.77 bits per heavy atom. The standard InChI is InChI=1S/C21H20ClF2N4OPS/c1-11-7-8-13(9-14(11)22)10-25-12(2)17-18(21(23,24)30)27-28(19(17)29)20-26-15-5-3-4-6-16(15)31-20/h5-9,25H,3-4,10,30H2,1-2H3/b17-12+. The minimum absolute atomic E-state index is 0.153. The van der Waals surface area contributed by atoms with E-state index in [2.05, 4.69) is 15.4 Å². The molecule has 162 valence electrons. The van der Waals surface area contributed by atoms with Crippen LogP contribution >= 0.6 is 32.2 Å². The number of hydrazone groups is 1. The third-order valence-corrected chi connectivity index (χ3v) is 6.74. The molecule has 1 aromatic heterocycles. The summed E-state index contributed by atoms with van der Waals surface area (Å²) in [6, 6.07) is 5.57. The van der Waals surface area contributed by atoms with Gasteiger partial charge in [0.05, 0.1) is 15.5 Å². The van der Waals surface area contributed by atoms with Crippen molar-refractivity contribution in [2.45, 2.75) is 38.9 Å². The molecule has 10 heteroatoms. The topological polar surface area (TPSA) is 57.6 Å². The molecule has 2 aromatic rings. The normalized spacial score (nSPS) is 17.7. The number of fused-ring (bicyclic) bond motifs is 1. The Morgan fingerprint density at radius 1 is 1.35 bits per heavy atom. The van der Waals surface area contributed by atoms with Gasteiger partial charge in [-0.15, -0.1) is 0 Å². The van der Waals surface area contributed by atoms with Gasteiger partial charge < -0.3 is 5.32 Å². The first-order valence-electron chi connectivity index (χ1n) is 9.63. The van der Waals surface area contributed by atoms with Gasteiger partial charge in [-0.2, -0.15) is 18.9 Å². The molecule has 0 fully saturated rings. The molecule has 1 aliphatic heterocycles. The number of benzene rings is 1. The van der Waals surface area contributed by atoms with E-state index in [1.165, 1.54) is 20.6 Å². The van der Waals surface area contributed by atoms with Crippen LogP contribution in [0.15, 0.2) is 34.6 Å². The Labute approximate surface area is 189 Å². The minimum Gasteiger partial charge on any atom is -0.384 e. The number of amides is 1. The molecule has 0 bridgehead atoms. The highest BCUT2D eigenvalue weighted by molar-refractivity contribution is 7.20. The SMILES string of the molecule is C/C(NCc1ccc(C)c(Cl)c1)=C1\C(=O)N(c2nc3c(s2)=CCCC=3)N=C1C(F)(F)P. The molecule has 1 aromatic carbocycles. The molecule has 2 aliphatic rings. The predicted octanol–water partition coefficient (Wildman–Crippen LogP) is 3.69. The monoisotopic (exact) mass is 480 g/mol. The number of aromatic nitrogens is 1. The number of aryl methyl sites for hydroxylation is 1. The van der Waals surface area contributed by atoms with Crippen molar-refractivity contribution >= 4 is 61.1 Å². The number of rotatable bonds is 5. The van der Waals surface area contributed by atoms with Crippen LogP contribution < -0.4 is 20.2 Å². The summed E-state index contributed by atoms with van der Waals surface area (Å²) in [7, 11) is 1.46. The molecule has 1 unspecified atom stereocenters. The van der Waals surface area contributed by atoms with Crippen molar-refractivity contribution in [1.82, 2.24) is 10.3 Å². The Morgan fingerprint density at radius 2 is 2.10 bits per heavy atom. The Hall–Kier alpha value is -2.15. The molecule has 2 heterocycles. The van der Waals surface area contributed by atoms with Gasteiger partial charge in [-0.05, 0) is 43.9 Å². The number of carbonyl (C=O) groups excluding carboxylic acids is 1. The Bertz CT molecular complexity index is 1220. The molecule has 31 heavy (non-hydrogen) atoms. The number of anilines is 1. The van der Waals surface area contributed by atoms with Crippen LogP contribution in [0.3, 0.4) is 0 Å². The zero-order chi connectivity index (χ0) is 22.3. The molecule has 1 amide bonds. The van der Waals surface area contributed by atoms with E-state index in [1.807, 2.05) is 31.2 Å². The van der Waals surface area contributed by atoms with Crippen LogP contribution in [0, 0.1) is 6.92 Å². The smallest absolute Gasteiger partial charge is 0.302 e. The molecule has 4 rings (SSSR count). The van der Waals surface area contributed by atoms with Gasteiger partial charge in [-0.25, -0.2) is 4.98 Å². The van der Waals surface area contributed by atoms with Gasteiger partial charge in [-0.1, -0.05) is 56.5 Å². The average Bonchev–Trinajstić information content (AvgIpc) is 3.29. The van der Waals surface area contributed by atoms with Crippen molar-refractivity contribution in [3.05, 3.63) is 55.5 Å². The number of hydrogen-bond acceptors (Lipinski definition) is 5. The lowest BCUT2D eigenvalue weighted by Gasteiger charge is -2.14. The molecule has 1 N–H and O–H groups in total. The first-order valence-corrected chi connectivity index (χ1v) is 11.4. The number of carbonyl (C=O) groups is 1. The summed E-state index contributed by atoms with van der Waals surface area (Å²) in [6.07, 6.45) is 5.75. The maximum absolute atomic E-state index is 14.3. The van der Waals surface area contributed by atoms with E-state index in [-0.39, 0.29) is 10.7 Å². The van der Waals surface area contributed by atoms with Gasteiger partial charge in [0, 0.05) is 17.3 Å². The maximum atomic E-state index is 14.3. The Kier molecular flexibility index (Phi) is 5.99. The second kappa shape index (κ2) is 8.41. The maximum Gasteiger partial charge on any atom is 0.302 e. The van der Waals surface area contributed by atoms with Crippen molar-refractivity contribution in [3.63, 3.8) is 0 Å². The van der Waals surface area contributed by atoms with Crippen LogP contribution in [0.1, 0.15) is 30.9 Å². The fraction of sp³-hybridized carbons (Fsp3) is 0.286. The van der Waals surface area contributed by atoms with Crippen molar-refractivity contribution in [2.75, 3.05) is 5.01 Å². The molecular weight excluding hydrogens is 461 g/mol. The molecule has 1 aliphatic carbocycles. The summed E-state index contributed by atoms with van der Waals surface area (Å²) < 4.78 is 29.6. The van der Waals surface area contributed by atoms with Crippen LogP contribution in [-0.4, -0.2) is 22.3 Å². The molecule has 0 saturated carbocycles. The van der Waals surface area contributed by atoms with E-state index in [9.17, 15) is 13.6 Å². The largest absolute Gasteiger partial charge is 0.384 e. The summed E-state index contributed by atoms with van der Waals surface area (Å²) in [5.41, 5.74) is -2.00. The number of halogens is 3. The van der Waals surface area contributed by atoms with Gasteiger partial charge >= 0.3 is 5.66 Å². The van der Waals surface area contributed by atoms with E-state index in [0.29, 0.717) is 17.3 Å². The molecule has 0 radical (unpaired) electrons. The Balaban J connectivity index is 1.67. The molecule has 0 spiro atoms. The number of alkyl halides is 2. The lowest BCUT2D eigenvalue weighted by molar-refractivity contribution is -0.114. The van der Waals surface area contributed by atoms with Gasteiger partial charge in [0.1, 0.15) is 5.71 Å². The fourth-order valence-electron chi connectivity index (χ4n) is 3.32. The third-order valence-electron chi connectivity index (χ3n) is 5.01. The van der Waals surface area contributed by atoms with E-state index in [4.69, 9.17) is 11.6 Å². The zero-order valence-corrected chi connectivity index (χ0v) is 19.6. The number of thiazole rings is 1. The highest BCUT2D eigenvalue weighted by atomic mass is 35.5. The third kappa shape index (κ3) is 4.43. The van der Waals surface area contributed by atoms with E-state index < -0.39 is 17.3 Å². The van der Waals surface area contributed by atoms with Crippen LogP contribution in [0.2, 0.25) is 5.02 Å². The van der Waals surface area contributed by atoms with Crippen molar-refractivity contribution in [3.8, 4) is 0 Å². The van der Waals surface area contributed by atoms with Crippen LogP contribution in [0.4, 0.5) is 13.9 Å². The molecular formula is C21H20ClF2N4OPS. The van der Waals surface area contributed by atoms with E-state index >= 15 is 0 Å². The molecule has 0 saturated heterocycles. The van der Waals surface area contributed by atoms with E-state index in [0.717, 1.165) is 38.9 Å². The van der Waals surface area contributed by atoms with Crippen molar-refractivity contribution in [1.29, 1.82) is 0 Å². The lowest BCUT2D eigenvalue weighted by atomic mass is 10.1. The van der Waals surface area contributed by atoms with Crippen LogP contribution in [-0.2, 0) is 11.3 Å². The van der Waals surface area contributed by atoms with Crippen molar-refractivity contribution < 1.29 is 13.6 Å². The zero-order valence-electron chi connectivity index (χ0n) is 16.9. The van der Waals surface area contributed by atoms with Crippen LogP contribution in [0.5, 0.6) is 0 Å². The lowest BCUT2D eigenvalue weighted by Crippen LogP contribution is -2.28. The summed E-state index contributed by atoms with van der Waals surface area (Å²) in [5, 5.41) is 9.66. The molecule has 5 nitrogen and oxygen atoms in total. The summed E-state index contributed by atoms with van der Waals surface area (Å²) in [5.74, 6) is -0.629. The minimum atomic E-state index is -3.37. The first kappa shape index (κ1) is 22.1. The van der Waals surface area contributed by atoms with Gasteiger partial charge in [0.25, 0.3) is 5.91 Å². The predicted molar refractivity (Wildman–Crippen MR) is 125 cm³/mol. The number of nitrogens with zero attached hydrogens (tertiary/aromatic N) is 3. The first-order chi connectivity index (χ1) is 14.6. The van der Waals surface area contributed by atoms with Gasteiger partial charge in [-0.3, -0.25) is 4.79 Å². The second-order valence-electron chi connectivity index (χ2n) is 7.36. The summed E-state index contributed by atoms with van der Waals surface area (Å²) in [6.45, 7) is 3.81. The number of nitrogens with one attached hydrogen (secondary N) is 1. The number of allylic oxidation sites excluding steroid dienone is 1. The highest BCUT2D eigenvalue weighted by Gasteiger charge is 2.45.